The van der Waals surface area contributed by atoms with E-state index in [1.54, 1.807) is 6.07 Å². The molecule has 8 heteroatoms. The Hall–Kier alpha value is -3.68. The highest BCUT2D eigenvalue weighted by atomic mass is 19.1. The number of carbonyl (C=O) groups excluding carboxylic acids is 1. The first-order valence-corrected chi connectivity index (χ1v) is 11.2. The first kappa shape index (κ1) is 22.1. The Kier molecular flexibility index (Phi) is 5.38. The summed E-state index contributed by atoms with van der Waals surface area (Å²) in [5.41, 5.74) is 3.03. The van der Waals surface area contributed by atoms with Gasteiger partial charge in [-0.25, -0.2) is 4.39 Å². The summed E-state index contributed by atoms with van der Waals surface area (Å²) >= 11 is 0. The van der Waals surface area contributed by atoms with Crippen molar-refractivity contribution in [2.24, 2.45) is 0 Å². The monoisotopic (exact) mass is 463 g/mol. The Morgan fingerprint density at radius 1 is 1.18 bits per heavy atom. The molecule has 0 N–H and O–H groups in total. The third kappa shape index (κ3) is 4.16. The number of aryl methyl sites for hydroxylation is 1. The summed E-state index contributed by atoms with van der Waals surface area (Å²) < 4.78 is 32.2. The van der Waals surface area contributed by atoms with Crippen LogP contribution >= 0.6 is 0 Å². The Morgan fingerprint density at radius 3 is 2.71 bits per heavy atom. The number of carbonyl (C=O) groups is 1. The van der Waals surface area contributed by atoms with E-state index in [9.17, 15) is 9.18 Å². The summed E-state index contributed by atoms with van der Waals surface area (Å²) in [6, 6.07) is 12.6. The van der Waals surface area contributed by atoms with Crippen LogP contribution in [0.5, 0.6) is 5.75 Å². The minimum absolute atomic E-state index is 0.132. The van der Waals surface area contributed by atoms with Gasteiger partial charge >= 0.3 is 5.97 Å². The summed E-state index contributed by atoms with van der Waals surface area (Å²) in [6.45, 7) is 6.51. The third-order valence-electron chi connectivity index (χ3n) is 5.97. The van der Waals surface area contributed by atoms with Gasteiger partial charge in [0.1, 0.15) is 5.60 Å². The van der Waals surface area contributed by atoms with E-state index < -0.39 is 11.4 Å². The Balaban J connectivity index is 1.40. The van der Waals surface area contributed by atoms with Gasteiger partial charge in [0, 0.05) is 40.2 Å². The molecule has 0 radical (unpaired) electrons. The molecular formula is C26H26FN3O4. The molecule has 0 fully saturated rings. The zero-order valence-electron chi connectivity index (χ0n) is 19.6. The highest BCUT2D eigenvalue weighted by Gasteiger charge is 2.29. The highest BCUT2D eigenvalue weighted by Crippen LogP contribution is 2.38. The molecule has 34 heavy (non-hydrogen) atoms. The highest BCUT2D eigenvalue weighted by molar-refractivity contribution is 5.86. The Labute approximate surface area is 196 Å². The van der Waals surface area contributed by atoms with Crippen molar-refractivity contribution in [2.75, 3.05) is 7.11 Å². The van der Waals surface area contributed by atoms with Crippen LogP contribution in [0.3, 0.4) is 0 Å². The molecule has 1 aliphatic heterocycles. The number of aromatic nitrogens is 3. The minimum atomic E-state index is -0.495. The zero-order valence-corrected chi connectivity index (χ0v) is 19.6. The lowest BCUT2D eigenvalue weighted by atomic mass is 10.00. The second kappa shape index (κ2) is 8.27. The van der Waals surface area contributed by atoms with Crippen molar-refractivity contribution in [1.29, 1.82) is 0 Å². The molecule has 1 atom stereocenters. The van der Waals surface area contributed by atoms with E-state index in [2.05, 4.69) is 20.8 Å². The lowest BCUT2D eigenvalue weighted by Crippen LogP contribution is -2.24. The van der Waals surface area contributed by atoms with Crippen molar-refractivity contribution < 1.29 is 23.2 Å². The number of methoxy groups -OCH3 is 1. The van der Waals surface area contributed by atoms with Crippen LogP contribution in [0.4, 0.5) is 4.39 Å². The van der Waals surface area contributed by atoms with Gasteiger partial charge in [-0.2, -0.15) is 4.98 Å². The van der Waals surface area contributed by atoms with Crippen LogP contribution in [-0.2, 0) is 16.1 Å². The smallest absolute Gasteiger partial charge is 0.306 e. The van der Waals surface area contributed by atoms with E-state index in [1.165, 1.54) is 19.2 Å². The second-order valence-electron chi connectivity index (χ2n) is 9.54. The van der Waals surface area contributed by atoms with Crippen LogP contribution in [0.2, 0.25) is 0 Å². The Bertz CT molecular complexity index is 1380. The maximum absolute atomic E-state index is 14.1. The molecular weight excluding hydrogens is 437 g/mol. The van der Waals surface area contributed by atoms with Crippen LogP contribution in [0.1, 0.15) is 45.2 Å². The first-order valence-electron chi connectivity index (χ1n) is 11.2. The lowest BCUT2D eigenvalue weighted by molar-refractivity contribution is -0.155. The molecule has 3 heterocycles. The molecule has 1 unspecified atom stereocenters. The molecule has 0 saturated carbocycles. The fraction of sp³-hybridized carbons (Fsp3) is 0.346. The maximum atomic E-state index is 14.1. The zero-order chi connectivity index (χ0) is 24.0. The van der Waals surface area contributed by atoms with Gasteiger partial charge in [-0.3, -0.25) is 4.79 Å². The van der Waals surface area contributed by atoms with Crippen molar-refractivity contribution in [3.05, 3.63) is 54.0 Å². The van der Waals surface area contributed by atoms with Gasteiger partial charge in [-0.1, -0.05) is 5.16 Å². The lowest BCUT2D eigenvalue weighted by Gasteiger charge is -2.20. The van der Waals surface area contributed by atoms with Crippen molar-refractivity contribution >= 4 is 16.9 Å². The molecule has 176 valence electrons. The molecule has 0 bridgehead atoms. The van der Waals surface area contributed by atoms with Gasteiger partial charge in [0.2, 0.25) is 5.82 Å². The fourth-order valence-electron chi connectivity index (χ4n) is 4.50. The summed E-state index contributed by atoms with van der Waals surface area (Å²) in [7, 11) is 1.41. The van der Waals surface area contributed by atoms with Gasteiger partial charge in [0.05, 0.1) is 13.5 Å². The topological polar surface area (TPSA) is 79.4 Å². The van der Waals surface area contributed by atoms with Gasteiger partial charge in [-0.05, 0) is 69.7 Å². The molecule has 0 amide bonds. The van der Waals surface area contributed by atoms with Gasteiger partial charge in [0.15, 0.2) is 11.6 Å². The molecule has 0 saturated heterocycles. The minimum Gasteiger partial charge on any atom is -0.494 e. The molecule has 2 aromatic carbocycles. The summed E-state index contributed by atoms with van der Waals surface area (Å²) in [5.74, 6) is 0.267. The van der Waals surface area contributed by atoms with Crippen LogP contribution in [0, 0.1) is 5.82 Å². The summed E-state index contributed by atoms with van der Waals surface area (Å²) in [6.07, 6.45) is 1.28. The van der Waals surface area contributed by atoms with Gasteiger partial charge in [0.25, 0.3) is 5.89 Å². The van der Waals surface area contributed by atoms with Crippen molar-refractivity contribution in [3.8, 4) is 28.6 Å². The normalized spacial score (nSPS) is 15.5. The number of nitrogens with zero attached hydrogens (tertiary/aromatic N) is 3. The number of hydrogen-bond donors (Lipinski definition) is 0. The fourth-order valence-corrected chi connectivity index (χ4v) is 4.50. The van der Waals surface area contributed by atoms with Gasteiger partial charge < -0.3 is 18.6 Å². The number of hydrogen-bond acceptors (Lipinski definition) is 6. The van der Waals surface area contributed by atoms with Crippen molar-refractivity contribution in [3.63, 3.8) is 0 Å². The van der Waals surface area contributed by atoms with Crippen LogP contribution < -0.4 is 4.74 Å². The molecule has 7 nitrogen and oxygen atoms in total. The average Bonchev–Trinajstić information content (AvgIpc) is 3.48. The Morgan fingerprint density at radius 2 is 1.97 bits per heavy atom. The maximum Gasteiger partial charge on any atom is 0.306 e. The van der Waals surface area contributed by atoms with E-state index in [0.717, 1.165) is 35.1 Å². The van der Waals surface area contributed by atoms with Crippen LogP contribution in [0.15, 0.2) is 47.0 Å². The van der Waals surface area contributed by atoms with Crippen LogP contribution in [0.25, 0.3) is 33.7 Å². The number of halogens is 1. The second-order valence-corrected chi connectivity index (χ2v) is 9.54. The number of benzene rings is 2. The molecule has 0 aliphatic carbocycles. The largest absolute Gasteiger partial charge is 0.494 e. The number of ether oxygens (including phenoxy) is 2. The molecule has 1 aliphatic rings. The predicted molar refractivity (Wildman–Crippen MR) is 125 cm³/mol. The molecule has 4 aromatic rings. The molecule has 5 rings (SSSR count). The van der Waals surface area contributed by atoms with E-state index >= 15 is 0 Å². The predicted octanol–water partition coefficient (Wildman–Crippen LogP) is 5.73. The van der Waals surface area contributed by atoms with Crippen molar-refractivity contribution in [2.45, 2.75) is 51.7 Å². The quantitative estimate of drug-likeness (QED) is 0.352. The van der Waals surface area contributed by atoms with Gasteiger partial charge in [-0.15, -0.1) is 0 Å². The first-order chi connectivity index (χ1) is 16.2. The average molecular weight is 464 g/mol. The number of esters is 1. The summed E-state index contributed by atoms with van der Waals surface area (Å²) in [5, 5.41) is 5.13. The number of fused-ring (bicyclic) bond motifs is 3. The van der Waals surface area contributed by atoms with E-state index in [4.69, 9.17) is 14.0 Å². The molecule has 2 aromatic heterocycles. The van der Waals surface area contributed by atoms with E-state index in [1.807, 2.05) is 39.0 Å². The van der Waals surface area contributed by atoms with E-state index in [-0.39, 0.29) is 23.5 Å². The number of rotatable bonds is 5. The SMILES string of the molecule is COc1ccc(-c2nc(-c3ccc4c(c3)cc3n4CCC3CC(=O)OC(C)(C)C)no2)cc1F. The van der Waals surface area contributed by atoms with Crippen molar-refractivity contribution in [1.82, 2.24) is 14.7 Å². The molecule has 0 spiro atoms. The van der Waals surface area contributed by atoms with E-state index in [0.29, 0.717) is 17.8 Å². The van der Waals surface area contributed by atoms with Crippen LogP contribution in [-0.4, -0.2) is 33.4 Å². The summed E-state index contributed by atoms with van der Waals surface area (Å²) in [4.78, 5) is 16.8. The third-order valence-corrected chi connectivity index (χ3v) is 5.97. The standard InChI is InChI=1S/C26H26FN3O4/c1-26(2,3)33-23(31)14-15-9-10-30-20-7-5-16(11-18(20)13-21(15)30)24-28-25(34-29-24)17-6-8-22(32-4)19(27)12-17/h5-8,11-13,15H,9-10,14H2,1-4H3.